The largest absolute Gasteiger partial charge is 0.479 e. The standard InChI is InChI=1S/C16H22N2O8S/c1-27(23,24)10-9-18(16(22)26-12-14(19)20)8-7-17-15(21)25-11-13-5-3-2-4-6-13/h2-6H,7-12H2,1H3,(H,17,21)(H,19,20). The summed E-state index contributed by atoms with van der Waals surface area (Å²) in [7, 11) is -3.34. The number of carbonyl (C=O) groups is 3. The Morgan fingerprint density at radius 3 is 2.37 bits per heavy atom. The lowest BCUT2D eigenvalue weighted by atomic mass is 10.2. The molecule has 11 heteroatoms. The predicted molar refractivity (Wildman–Crippen MR) is 94.9 cm³/mol. The number of ether oxygens (including phenoxy) is 2. The summed E-state index contributed by atoms with van der Waals surface area (Å²) in [5.41, 5.74) is 0.805. The summed E-state index contributed by atoms with van der Waals surface area (Å²) in [6, 6.07) is 9.02. The second-order valence-electron chi connectivity index (χ2n) is 5.55. The minimum absolute atomic E-state index is 0.0282. The van der Waals surface area contributed by atoms with Gasteiger partial charge in [-0.25, -0.2) is 22.8 Å². The van der Waals surface area contributed by atoms with E-state index in [0.29, 0.717) is 0 Å². The second kappa shape index (κ2) is 11.0. The van der Waals surface area contributed by atoms with Crippen LogP contribution < -0.4 is 5.32 Å². The number of carbonyl (C=O) groups excluding carboxylic acids is 2. The fraction of sp³-hybridized carbons (Fsp3) is 0.438. The Kier molecular flexibility index (Phi) is 9.06. The van der Waals surface area contributed by atoms with Crippen LogP contribution in [0.1, 0.15) is 5.56 Å². The highest BCUT2D eigenvalue weighted by atomic mass is 32.2. The highest BCUT2D eigenvalue weighted by Gasteiger charge is 2.18. The smallest absolute Gasteiger partial charge is 0.410 e. The summed E-state index contributed by atoms with van der Waals surface area (Å²) < 4.78 is 32.1. The van der Waals surface area contributed by atoms with Gasteiger partial charge in [-0.1, -0.05) is 30.3 Å². The zero-order valence-corrected chi connectivity index (χ0v) is 15.6. The Labute approximate surface area is 157 Å². The number of benzene rings is 1. The van der Waals surface area contributed by atoms with E-state index in [0.717, 1.165) is 16.7 Å². The SMILES string of the molecule is CS(=O)(=O)CCN(CCNC(=O)OCc1ccccc1)C(=O)OCC(=O)O. The molecule has 0 saturated carbocycles. The molecule has 0 saturated heterocycles. The minimum atomic E-state index is -3.34. The van der Waals surface area contributed by atoms with Crippen molar-refractivity contribution in [3.05, 3.63) is 35.9 Å². The summed E-state index contributed by atoms with van der Waals surface area (Å²) in [6.45, 7) is -1.07. The number of carboxylic acids is 1. The zero-order valence-electron chi connectivity index (χ0n) is 14.8. The maximum Gasteiger partial charge on any atom is 0.410 e. The van der Waals surface area contributed by atoms with Crippen molar-refractivity contribution < 1.29 is 37.4 Å². The molecule has 1 aromatic rings. The van der Waals surface area contributed by atoms with Gasteiger partial charge in [0.1, 0.15) is 16.4 Å². The van der Waals surface area contributed by atoms with E-state index in [1.165, 1.54) is 0 Å². The summed E-state index contributed by atoms with van der Waals surface area (Å²) >= 11 is 0. The molecule has 1 aromatic carbocycles. The van der Waals surface area contributed by atoms with Gasteiger partial charge in [-0.05, 0) is 5.56 Å². The molecule has 10 nitrogen and oxygen atoms in total. The molecule has 0 atom stereocenters. The van der Waals surface area contributed by atoms with Gasteiger partial charge in [0.15, 0.2) is 6.61 Å². The van der Waals surface area contributed by atoms with Crippen LogP contribution in [0.3, 0.4) is 0 Å². The minimum Gasteiger partial charge on any atom is -0.479 e. The quantitative estimate of drug-likeness (QED) is 0.576. The monoisotopic (exact) mass is 402 g/mol. The van der Waals surface area contributed by atoms with Crippen molar-refractivity contribution in [2.45, 2.75) is 6.61 Å². The lowest BCUT2D eigenvalue weighted by molar-refractivity contribution is -0.140. The van der Waals surface area contributed by atoms with Crippen molar-refractivity contribution in [3.63, 3.8) is 0 Å². The molecule has 27 heavy (non-hydrogen) atoms. The summed E-state index contributed by atoms with van der Waals surface area (Å²) in [5.74, 6) is -1.66. The molecule has 0 aromatic heterocycles. The van der Waals surface area contributed by atoms with Gasteiger partial charge in [-0.2, -0.15) is 0 Å². The third-order valence-electron chi connectivity index (χ3n) is 3.17. The summed E-state index contributed by atoms with van der Waals surface area (Å²) in [6.07, 6.45) is -0.686. The normalized spacial score (nSPS) is 10.7. The first kappa shape index (κ1) is 22.2. The van der Waals surface area contributed by atoms with Crippen LogP contribution in [0.4, 0.5) is 9.59 Å². The fourth-order valence-corrected chi connectivity index (χ4v) is 2.40. The van der Waals surface area contributed by atoms with Crippen LogP contribution in [-0.4, -0.2) is 74.8 Å². The highest BCUT2D eigenvalue weighted by Crippen LogP contribution is 2.01. The average molecular weight is 402 g/mol. The Hall–Kier alpha value is -2.82. The molecule has 0 aliphatic heterocycles. The number of sulfone groups is 1. The van der Waals surface area contributed by atoms with Crippen molar-refractivity contribution in [3.8, 4) is 0 Å². The van der Waals surface area contributed by atoms with Crippen LogP contribution in [-0.2, 0) is 30.7 Å². The third kappa shape index (κ3) is 10.7. The van der Waals surface area contributed by atoms with Gasteiger partial charge in [-0.3, -0.25) is 0 Å². The Balaban J connectivity index is 2.45. The van der Waals surface area contributed by atoms with E-state index in [1.807, 2.05) is 6.07 Å². The number of rotatable bonds is 10. The molecule has 150 valence electrons. The van der Waals surface area contributed by atoms with Crippen molar-refractivity contribution in [2.24, 2.45) is 0 Å². The molecule has 0 fully saturated rings. The number of hydrogen-bond acceptors (Lipinski definition) is 7. The molecular formula is C16H22N2O8S. The molecule has 0 radical (unpaired) electrons. The van der Waals surface area contributed by atoms with E-state index < -0.39 is 34.6 Å². The Morgan fingerprint density at radius 2 is 1.78 bits per heavy atom. The van der Waals surface area contributed by atoms with Gasteiger partial charge in [0, 0.05) is 25.9 Å². The Morgan fingerprint density at radius 1 is 1.11 bits per heavy atom. The van der Waals surface area contributed by atoms with Gasteiger partial charge < -0.3 is 24.8 Å². The molecule has 2 amide bonds. The molecule has 0 heterocycles. The number of nitrogens with one attached hydrogen (secondary N) is 1. The molecule has 0 aliphatic carbocycles. The van der Waals surface area contributed by atoms with Gasteiger partial charge in [0.05, 0.1) is 5.75 Å². The van der Waals surface area contributed by atoms with E-state index >= 15 is 0 Å². The zero-order chi connectivity index (χ0) is 20.3. The molecule has 0 spiro atoms. The average Bonchev–Trinajstić information content (AvgIpc) is 2.60. The molecular weight excluding hydrogens is 380 g/mol. The van der Waals surface area contributed by atoms with Crippen LogP contribution in [0.25, 0.3) is 0 Å². The van der Waals surface area contributed by atoms with Gasteiger partial charge in [0.25, 0.3) is 0 Å². The first-order valence-electron chi connectivity index (χ1n) is 7.93. The molecule has 2 N–H and O–H groups in total. The van der Waals surface area contributed by atoms with E-state index in [4.69, 9.17) is 9.84 Å². The second-order valence-corrected chi connectivity index (χ2v) is 7.81. The van der Waals surface area contributed by atoms with Crippen LogP contribution >= 0.6 is 0 Å². The molecule has 1 rings (SSSR count). The van der Waals surface area contributed by atoms with Crippen LogP contribution in [0, 0.1) is 0 Å². The van der Waals surface area contributed by atoms with Crippen LogP contribution in [0.15, 0.2) is 30.3 Å². The topological polar surface area (TPSA) is 139 Å². The number of nitrogens with zero attached hydrogens (tertiary/aromatic N) is 1. The van der Waals surface area contributed by atoms with Gasteiger partial charge in [-0.15, -0.1) is 0 Å². The van der Waals surface area contributed by atoms with E-state index in [1.54, 1.807) is 24.3 Å². The highest BCUT2D eigenvalue weighted by molar-refractivity contribution is 7.90. The third-order valence-corrected chi connectivity index (χ3v) is 4.10. The maximum absolute atomic E-state index is 11.9. The summed E-state index contributed by atoms with van der Waals surface area (Å²) in [5, 5.41) is 11.0. The summed E-state index contributed by atoms with van der Waals surface area (Å²) in [4.78, 5) is 35.0. The van der Waals surface area contributed by atoms with Crippen molar-refractivity contribution in [1.29, 1.82) is 0 Å². The number of aliphatic carboxylic acids is 1. The van der Waals surface area contributed by atoms with Gasteiger partial charge >= 0.3 is 18.2 Å². The van der Waals surface area contributed by atoms with Gasteiger partial charge in [0.2, 0.25) is 0 Å². The Bertz CT molecular complexity index is 736. The van der Waals surface area contributed by atoms with Crippen molar-refractivity contribution in [1.82, 2.24) is 10.2 Å². The predicted octanol–water partition coefficient (Wildman–Crippen LogP) is 0.481. The maximum atomic E-state index is 11.9. The van der Waals surface area contributed by atoms with Crippen molar-refractivity contribution in [2.75, 3.05) is 38.2 Å². The number of hydrogen-bond donors (Lipinski definition) is 2. The first-order chi connectivity index (χ1) is 12.7. The number of alkyl carbamates (subject to hydrolysis) is 1. The van der Waals surface area contributed by atoms with E-state index in [2.05, 4.69) is 10.1 Å². The molecule has 0 unspecified atom stereocenters. The van der Waals surface area contributed by atoms with Crippen LogP contribution in [0.5, 0.6) is 0 Å². The first-order valence-corrected chi connectivity index (χ1v) is 9.99. The van der Waals surface area contributed by atoms with Crippen LogP contribution in [0.2, 0.25) is 0 Å². The fourth-order valence-electron chi connectivity index (χ4n) is 1.85. The lowest BCUT2D eigenvalue weighted by Gasteiger charge is -2.21. The van der Waals surface area contributed by atoms with Crippen molar-refractivity contribution >= 4 is 28.0 Å². The number of amides is 2. The number of carboxylic acid groups (broad SMARTS) is 1. The molecule has 0 bridgehead atoms. The van der Waals surface area contributed by atoms with E-state index in [9.17, 15) is 22.8 Å². The van der Waals surface area contributed by atoms with E-state index in [-0.39, 0.29) is 32.0 Å². The molecule has 0 aliphatic rings. The lowest BCUT2D eigenvalue weighted by Crippen LogP contribution is -2.41.